The normalized spacial score (nSPS) is 19.9. The molecular weight excluding hydrogens is 293 g/mol. The van der Waals surface area contributed by atoms with Crippen LogP contribution in [0.5, 0.6) is 0 Å². The number of likely N-dealkylation sites (tertiary alicyclic amines) is 1. The van der Waals surface area contributed by atoms with Gasteiger partial charge in [0.25, 0.3) is 0 Å². The zero-order valence-corrected chi connectivity index (χ0v) is 12.3. The zero-order chi connectivity index (χ0) is 14.6. The van der Waals surface area contributed by atoms with E-state index in [2.05, 4.69) is 17.2 Å². The highest BCUT2D eigenvalue weighted by atomic mass is 32.1. The molecule has 8 nitrogen and oxygen atoms in total. The first-order chi connectivity index (χ1) is 8.74. The third-order valence-electron chi connectivity index (χ3n) is 2.77. The molecule has 0 aromatic heterocycles. The van der Waals surface area contributed by atoms with E-state index >= 15 is 0 Å². The summed E-state index contributed by atoms with van der Waals surface area (Å²) in [6.07, 6.45) is 0.374. The molecular formula is C9H18N3O5PS. The molecule has 0 aromatic carbocycles. The van der Waals surface area contributed by atoms with Crippen molar-refractivity contribution in [2.45, 2.75) is 6.42 Å². The quantitative estimate of drug-likeness (QED) is 0.241. The van der Waals surface area contributed by atoms with Crippen LogP contribution < -0.4 is 0 Å². The Hall–Kier alpha value is -0.600. The molecule has 110 valence electrons. The number of likely N-dealkylation sites (N-methyl/N-ethyl adjacent to an activating group) is 1. The van der Waals surface area contributed by atoms with Crippen LogP contribution in [0.25, 0.3) is 0 Å². The van der Waals surface area contributed by atoms with Crippen molar-refractivity contribution in [3.8, 4) is 0 Å². The van der Waals surface area contributed by atoms with Gasteiger partial charge in [0.2, 0.25) is 5.91 Å². The predicted octanol–water partition coefficient (Wildman–Crippen LogP) is -0.259. The maximum Gasteiger partial charge on any atom is 0.469 e. The Morgan fingerprint density at radius 2 is 2.32 bits per heavy atom. The van der Waals surface area contributed by atoms with E-state index < -0.39 is 7.82 Å². The molecule has 1 aliphatic heterocycles. The minimum Gasteiger partial charge on any atom is -0.343 e. The van der Waals surface area contributed by atoms with Crippen LogP contribution in [0.1, 0.15) is 6.42 Å². The van der Waals surface area contributed by atoms with E-state index in [9.17, 15) is 9.36 Å². The molecule has 0 spiro atoms. The number of carbonyl (C=O) groups is 1. The number of guanidine groups is 1. The largest absolute Gasteiger partial charge is 0.469 e. The van der Waals surface area contributed by atoms with Gasteiger partial charge in [-0.1, -0.05) is 0 Å². The Balaban J connectivity index is 2.44. The first-order valence-electron chi connectivity index (χ1n) is 5.65. The van der Waals surface area contributed by atoms with Gasteiger partial charge in [-0.3, -0.25) is 19.6 Å². The highest BCUT2D eigenvalue weighted by molar-refractivity contribution is 7.80. The average molecular weight is 311 g/mol. The fraction of sp³-hybridized carbons (Fsp3) is 0.778. The van der Waals surface area contributed by atoms with Crippen LogP contribution >= 0.6 is 20.5 Å². The molecule has 1 heterocycles. The lowest BCUT2D eigenvalue weighted by atomic mass is 10.1. The Morgan fingerprint density at radius 1 is 1.68 bits per heavy atom. The molecule has 0 aromatic rings. The van der Waals surface area contributed by atoms with Gasteiger partial charge in [0.05, 0.1) is 6.61 Å². The second-order valence-electron chi connectivity index (χ2n) is 4.33. The van der Waals surface area contributed by atoms with Crippen LogP contribution in [0.3, 0.4) is 0 Å². The second-order valence-corrected chi connectivity index (χ2v) is 5.93. The SMILES string of the molecule is CN(CCOP(=O)(O)O)C(=N)N1CC(CS)CC1=O. The van der Waals surface area contributed by atoms with Crippen LogP contribution in [0.4, 0.5) is 0 Å². The first kappa shape index (κ1) is 16.5. The topological polar surface area (TPSA) is 114 Å². The summed E-state index contributed by atoms with van der Waals surface area (Å²) in [4.78, 5) is 31.5. The summed E-state index contributed by atoms with van der Waals surface area (Å²) in [6, 6.07) is 0. The summed E-state index contributed by atoms with van der Waals surface area (Å²) in [5.41, 5.74) is 0. The fourth-order valence-electron chi connectivity index (χ4n) is 1.72. The van der Waals surface area contributed by atoms with E-state index in [-0.39, 0.29) is 30.9 Å². The smallest absolute Gasteiger partial charge is 0.343 e. The molecule has 3 N–H and O–H groups in total. The van der Waals surface area contributed by atoms with Gasteiger partial charge in [0, 0.05) is 26.6 Å². The number of hydrogen-bond donors (Lipinski definition) is 4. The number of hydrogen-bond acceptors (Lipinski definition) is 5. The summed E-state index contributed by atoms with van der Waals surface area (Å²) >= 11 is 4.14. The van der Waals surface area contributed by atoms with Crippen molar-refractivity contribution in [1.82, 2.24) is 9.80 Å². The minimum atomic E-state index is -4.49. The standard InChI is InChI=1S/C9H18N3O5PS/c1-11(2-3-17-18(14,15)16)9(10)12-5-7(6-19)4-8(12)13/h7,10,19H,2-6H2,1H3,(H2,14,15,16). The van der Waals surface area contributed by atoms with E-state index in [4.69, 9.17) is 15.2 Å². The number of rotatable bonds is 5. The van der Waals surface area contributed by atoms with Crippen molar-refractivity contribution >= 4 is 32.3 Å². The van der Waals surface area contributed by atoms with Gasteiger partial charge < -0.3 is 14.7 Å². The molecule has 1 saturated heterocycles. The van der Waals surface area contributed by atoms with Crippen LogP contribution in [-0.4, -0.2) is 64.0 Å². The van der Waals surface area contributed by atoms with Crippen LogP contribution in [0, 0.1) is 11.3 Å². The van der Waals surface area contributed by atoms with E-state index in [0.717, 1.165) is 0 Å². The molecule has 1 atom stereocenters. The number of phosphoric acid groups is 1. The summed E-state index contributed by atoms with van der Waals surface area (Å²) in [7, 11) is -2.93. The molecule has 1 unspecified atom stereocenters. The highest BCUT2D eigenvalue weighted by Gasteiger charge is 2.32. The molecule has 1 aliphatic rings. The number of phosphoric ester groups is 1. The second kappa shape index (κ2) is 6.71. The Morgan fingerprint density at radius 3 is 2.79 bits per heavy atom. The lowest BCUT2D eigenvalue weighted by molar-refractivity contribution is -0.124. The highest BCUT2D eigenvalue weighted by Crippen LogP contribution is 2.35. The molecule has 1 fully saturated rings. The number of thiol groups is 1. The maximum absolute atomic E-state index is 11.7. The van der Waals surface area contributed by atoms with Crippen LogP contribution in [0.2, 0.25) is 0 Å². The van der Waals surface area contributed by atoms with Gasteiger partial charge in [0.15, 0.2) is 5.96 Å². The summed E-state index contributed by atoms with van der Waals surface area (Å²) in [6.45, 7) is 0.339. The maximum atomic E-state index is 11.7. The van der Waals surface area contributed by atoms with Gasteiger partial charge in [-0.05, 0) is 11.7 Å². The van der Waals surface area contributed by atoms with Gasteiger partial charge in [-0.15, -0.1) is 0 Å². The first-order valence-corrected chi connectivity index (χ1v) is 7.82. The lowest BCUT2D eigenvalue weighted by Crippen LogP contribution is -2.43. The molecule has 1 rings (SSSR count). The van der Waals surface area contributed by atoms with E-state index in [1.807, 2.05) is 0 Å². The van der Waals surface area contributed by atoms with Gasteiger partial charge in [-0.2, -0.15) is 12.6 Å². The number of amides is 1. The van der Waals surface area contributed by atoms with E-state index in [0.29, 0.717) is 18.7 Å². The Labute approximate surface area is 116 Å². The van der Waals surface area contributed by atoms with Crippen molar-refractivity contribution < 1.29 is 23.7 Å². The average Bonchev–Trinajstić information content (AvgIpc) is 2.67. The van der Waals surface area contributed by atoms with Crippen LogP contribution in [0.15, 0.2) is 0 Å². The molecule has 19 heavy (non-hydrogen) atoms. The molecule has 0 bridgehead atoms. The molecule has 0 saturated carbocycles. The van der Waals surface area contributed by atoms with Crippen molar-refractivity contribution in [3.63, 3.8) is 0 Å². The van der Waals surface area contributed by atoms with E-state index in [1.54, 1.807) is 7.05 Å². The van der Waals surface area contributed by atoms with E-state index in [1.165, 1.54) is 9.80 Å². The van der Waals surface area contributed by atoms with Gasteiger partial charge in [-0.25, -0.2) is 4.57 Å². The van der Waals surface area contributed by atoms with Crippen molar-refractivity contribution in [2.24, 2.45) is 5.92 Å². The predicted molar refractivity (Wildman–Crippen MR) is 72.0 cm³/mol. The third-order valence-corrected chi connectivity index (χ3v) is 3.80. The minimum absolute atomic E-state index is 0.00333. The van der Waals surface area contributed by atoms with Crippen molar-refractivity contribution in [3.05, 3.63) is 0 Å². The third kappa shape index (κ3) is 5.12. The fourth-order valence-corrected chi connectivity index (χ4v) is 2.28. The zero-order valence-electron chi connectivity index (χ0n) is 10.5. The number of nitrogens with one attached hydrogen (secondary N) is 1. The monoisotopic (exact) mass is 311 g/mol. The molecule has 0 aliphatic carbocycles. The molecule has 0 radical (unpaired) electrons. The van der Waals surface area contributed by atoms with Crippen molar-refractivity contribution in [1.29, 1.82) is 5.41 Å². The Bertz CT molecular complexity index is 401. The van der Waals surface area contributed by atoms with Crippen molar-refractivity contribution in [2.75, 3.05) is 32.5 Å². The van der Waals surface area contributed by atoms with Crippen LogP contribution in [-0.2, 0) is 13.9 Å². The van der Waals surface area contributed by atoms with Gasteiger partial charge in [0.1, 0.15) is 0 Å². The lowest BCUT2D eigenvalue weighted by Gasteiger charge is -2.26. The summed E-state index contributed by atoms with van der Waals surface area (Å²) in [5, 5.41) is 7.88. The van der Waals surface area contributed by atoms with Gasteiger partial charge >= 0.3 is 7.82 Å². The summed E-state index contributed by atoms with van der Waals surface area (Å²) < 4.78 is 14.8. The number of carbonyl (C=O) groups excluding carboxylic acids is 1. The molecule has 10 heteroatoms. The Kier molecular flexibility index (Phi) is 5.82. The summed E-state index contributed by atoms with van der Waals surface area (Å²) in [5.74, 6) is 0.590. The number of nitrogens with zero attached hydrogens (tertiary/aromatic N) is 2. The molecule has 1 amide bonds.